The molecule has 1 aliphatic rings. The Balaban J connectivity index is 1.98. The molecular formula is C19H21N3O8S. The third kappa shape index (κ3) is 4.75. The summed E-state index contributed by atoms with van der Waals surface area (Å²) in [5, 5.41) is 22.7. The van der Waals surface area contributed by atoms with Gasteiger partial charge in [-0.05, 0) is 37.0 Å². The minimum atomic E-state index is -3.90. The van der Waals surface area contributed by atoms with E-state index in [0.717, 1.165) is 31.0 Å². The zero-order valence-corrected chi connectivity index (χ0v) is 17.7. The second-order valence-corrected chi connectivity index (χ2v) is 9.11. The Kier molecular flexibility index (Phi) is 6.41. The van der Waals surface area contributed by atoms with Crippen molar-refractivity contribution in [3.05, 3.63) is 56.6 Å². The highest BCUT2D eigenvalue weighted by molar-refractivity contribution is 7.89. The van der Waals surface area contributed by atoms with Crippen molar-refractivity contribution in [2.24, 2.45) is 5.92 Å². The van der Waals surface area contributed by atoms with E-state index in [1.807, 2.05) is 6.92 Å². The Morgan fingerprint density at radius 3 is 2.19 bits per heavy atom. The maximum absolute atomic E-state index is 12.9. The first kappa shape index (κ1) is 22.4. The van der Waals surface area contributed by atoms with Gasteiger partial charge in [-0.1, -0.05) is 6.92 Å². The Bertz CT molecular complexity index is 1110. The van der Waals surface area contributed by atoms with Crippen molar-refractivity contribution < 1.29 is 27.7 Å². The van der Waals surface area contributed by atoms with E-state index < -0.39 is 25.6 Å². The molecule has 0 unspecified atom stereocenters. The van der Waals surface area contributed by atoms with Gasteiger partial charge < -0.3 is 9.47 Å². The van der Waals surface area contributed by atoms with Crippen LogP contribution >= 0.6 is 0 Å². The van der Waals surface area contributed by atoms with Gasteiger partial charge in [0.1, 0.15) is 0 Å². The third-order valence-corrected chi connectivity index (χ3v) is 6.98. The van der Waals surface area contributed by atoms with Gasteiger partial charge >= 0.3 is 5.69 Å². The van der Waals surface area contributed by atoms with Crippen LogP contribution in [0.25, 0.3) is 0 Å². The molecular weight excluding hydrogens is 430 g/mol. The standard InChI is InChI=1S/C19H21N3O8S/c1-13-7-9-20(10-8-13)31(27,28)15-4-6-17(16(12-15)22(25)26)30-19-11-14(21(23)24)3-5-18(19)29-2/h3-6,11-13H,7-10H2,1-2H3. The highest BCUT2D eigenvalue weighted by atomic mass is 32.2. The molecule has 0 atom stereocenters. The van der Waals surface area contributed by atoms with Gasteiger partial charge in [0.25, 0.3) is 5.69 Å². The molecule has 1 heterocycles. The van der Waals surface area contributed by atoms with Gasteiger partial charge in [-0.15, -0.1) is 0 Å². The molecule has 12 heteroatoms. The molecule has 0 radical (unpaired) electrons. The number of hydrogen-bond acceptors (Lipinski definition) is 8. The van der Waals surface area contributed by atoms with Crippen LogP contribution in [-0.4, -0.2) is 42.8 Å². The number of sulfonamides is 1. The lowest BCUT2D eigenvalue weighted by molar-refractivity contribution is -0.386. The average molecular weight is 451 g/mol. The van der Waals surface area contributed by atoms with Crippen LogP contribution in [0.1, 0.15) is 19.8 Å². The summed E-state index contributed by atoms with van der Waals surface area (Å²) in [5.41, 5.74) is -0.878. The fourth-order valence-electron chi connectivity index (χ4n) is 3.24. The lowest BCUT2D eigenvalue weighted by atomic mass is 10.0. The van der Waals surface area contributed by atoms with Gasteiger partial charge in [-0.25, -0.2) is 8.42 Å². The third-order valence-electron chi connectivity index (χ3n) is 5.09. The number of methoxy groups -OCH3 is 1. The van der Waals surface area contributed by atoms with E-state index in [4.69, 9.17) is 9.47 Å². The van der Waals surface area contributed by atoms with Crippen LogP contribution in [0.4, 0.5) is 11.4 Å². The largest absolute Gasteiger partial charge is 0.493 e. The molecule has 0 aliphatic carbocycles. The molecule has 1 fully saturated rings. The van der Waals surface area contributed by atoms with Gasteiger partial charge in [0, 0.05) is 25.2 Å². The number of nitro groups is 2. The van der Waals surface area contributed by atoms with Crippen molar-refractivity contribution in [2.45, 2.75) is 24.7 Å². The molecule has 3 rings (SSSR count). The minimum absolute atomic E-state index is 0.111. The first-order chi connectivity index (χ1) is 14.6. The molecule has 31 heavy (non-hydrogen) atoms. The van der Waals surface area contributed by atoms with Crippen LogP contribution in [0.5, 0.6) is 17.2 Å². The van der Waals surface area contributed by atoms with E-state index in [2.05, 4.69) is 0 Å². The topological polar surface area (TPSA) is 142 Å². The number of nitro benzene ring substituents is 2. The Morgan fingerprint density at radius 2 is 1.61 bits per heavy atom. The summed E-state index contributed by atoms with van der Waals surface area (Å²) in [7, 11) is -2.59. The summed E-state index contributed by atoms with van der Waals surface area (Å²) in [6, 6.07) is 6.90. The van der Waals surface area contributed by atoms with Crippen molar-refractivity contribution in [1.29, 1.82) is 0 Å². The Labute approximate surface area is 178 Å². The quantitative estimate of drug-likeness (QED) is 0.458. The molecule has 0 bridgehead atoms. The average Bonchev–Trinajstić information content (AvgIpc) is 2.74. The van der Waals surface area contributed by atoms with E-state index in [0.29, 0.717) is 19.0 Å². The van der Waals surface area contributed by atoms with E-state index in [1.165, 1.54) is 29.6 Å². The van der Waals surface area contributed by atoms with Crippen molar-refractivity contribution in [3.8, 4) is 17.2 Å². The van der Waals surface area contributed by atoms with Crippen LogP contribution < -0.4 is 9.47 Å². The number of piperidine rings is 1. The van der Waals surface area contributed by atoms with Crippen LogP contribution in [0.3, 0.4) is 0 Å². The normalized spacial score (nSPS) is 15.4. The van der Waals surface area contributed by atoms with Gasteiger partial charge in [0.15, 0.2) is 11.5 Å². The smallest absolute Gasteiger partial charge is 0.312 e. The summed E-state index contributed by atoms with van der Waals surface area (Å²) in [6.07, 6.45) is 1.43. The van der Waals surface area contributed by atoms with E-state index in [9.17, 15) is 28.6 Å². The SMILES string of the molecule is COc1ccc([N+](=O)[O-])cc1Oc1ccc(S(=O)(=O)N2CCC(C)CC2)cc1[N+](=O)[O-]. The summed E-state index contributed by atoms with van der Waals surface area (Å²) in [6.45, 7) is 2.74. The molecule has 1 aliphatic heterocycles. The van der Waals surface area contributed by atoms with E-state index >= 15 is 0 Å². The zero-order chi connectivity index (χ0) is 22.8. The molecule has 0 spiro atoms. The van der Waals surface area contributed by atoms with Gasteiger partial charge in [0.2, 0.25) is 15.8 Å². The Hall–Kier alpha value is -3.25. The lowest BCUT2D eigenvalue weighted by Crippen LogP contribution is -2.37. The summed E-state index contributed by atoms with van der Waals surface area (Å²) in [5.74, 6) is 0.163. The minimum Gasteiger partial charge on any atom is -0.493 e. The summed E-state index contributed by atoms with van der Waals surface area (Å²) >= 11 is 0. The molecule has 2 aromatic carbocycles. The molecule has 0 aromatic heterocycles. The zero-order valence-electron chi connectivity index (χ0n) is 16.9. The van der Waals surface area contributed by atoms with Crippen LogP contribution in [-0.2, 0) is 10.0 Å². The number of benzene rings is 2. The maximum atomic E-state index is 12.9. The van der Waals surface area contributed by atoms with Crippen molar-refractivity contribution in [3.63, 3.8) is 0 Å². The maximum Gasteiger partial charge on any atom is 0.312 e. The molecule has 0 saturated carbocycles. The molecule has 166 valence electrons. The summed E-state index contributed by atoms with van der Waals surface area (Å²) < 4.78 is 37.8. The number of hydrogen-bond donors (Lipinski definition) is 0. The highest BCUT2D eigenvalue weighted by Gasteiger charge is 2.30. The first-order valence-electron chi connectivity index (χ1n) is 9.42. The molecule has 2 aromatic rings. The number of nitrogens with zero attached hydrogens (tertiary/aromatic N) is 3. The second-order valence-electron chi connectivity index (χ2n) is 7.17. The fraction of sp³-hybridized carbons (Fsp3) is 0.368. The Morgan fingerprint density at radius 1 is 0.968 bits per heavy atom. The number of rotatable bonds is 7. The monoisotopic (exact) mass is 451 g/mol. The van der Waals surface area contributed by atoms with Crippen LogP contribution in [0.2, 0.25) is 0 Å². The van der Waals surface area contributed by atoms with Crippen molar-refractivity contribution in [1.82, 2.24) is 4.31 Å². The van der Waals surface area contributed by atoms with E-state index in [-0.39, 0.29) is 27.8 Å². The van der Waals surface area contributed by atoms with Crippen LogP contribution in [0.15, 0.2) is 41.3 Å². The molecule has 0 amide bonds. The number of ether oxygens (including phenoxy) is 2. The van der Waals surface area contributed by atoms with Gasteiger partial charge in [-0.2, -0.15) is 4.31 Å². The highest BCUT2D eigenvalue weighted by Crippen LogP contribution is 2.39. The van der Waals surface area contributed by atoms with Crippen molar-refractivity contribution in [2.75, 3.05) is 20.2 Å². The fourth-order valence-corrected chi connectivity index (χ4v) is 4.73. The second kappa shape index (κ2) is 8.86. The lowest BCUT2D eigenvalue weighted by Gasteiger charge is -2.29. The van der Waals surface area contributed by atoms with E-state index in [1.54, 1.807) is 0 Å². The predicted molar refractivity (Wildman–Crippen MR) is 110 cm³/mol. The van der Waals surface area contributed by atoms with Gasteiger partial charge in [-0.3, -0.25) is 20.2 Å². The molecule has 0 N–H and O–H groups in total. The first-order valence-corrected chi connectivity index (χ1v) is 10.9. The number of non-ortho nitro benzene ring substituents is 1. The summed E-state index contributed by atoms with van der Waals surface area (Å²) in [4.78, 5) is 21.0. The predicted octanol–water partition coefficient (Wildman–Crippen LogP) is 3.72. The van der Waals surface area contributed by atoms with Crippen LogP contribution in [0, 0.1) is 26.1 Å². The van der Waals surface area contributed by atoms with Gasteiger partial charge in [0.05, 0.1) is 27.9 Å². The molecule has 1 saturated heterocycles. The molecule has 11 nitrogen and oxygen atoms in total. The van der Waals surface area contributed by atoms with Crippen molar-refractivity contribution >= 4 is 21.4 Å².